The van der Waals surface area contributed by atoms with Gasteiger partial charge in [-0.2, -0.15) is 0 Å². The maximum absolute atomic E-state index is 13.2. The molecule has 0 aromatic rings. The smallest absolute Gasteiger partial charge is 0.136 e. The van der Waals surface area contributed by atoms with Gasteiger partial charge in [0.05, 0.1) is 0 Å². The third-order valence-electron chi connectivity index (χ3n) is 13.1. The van der Waals surface area contributed by atoms with Crippen LogP contribution in [0.2, 0.25) is 0 Å². The molecule has 0 aromatic carbocycles. The highest BCUT2D eigenvalue weighted by molar-refractivity contribution is 5.83. The van der Waals surface area contributed by atoms with E-state index in [2.05, 4.69) is 41.2 Å². The van der Waals surface area contributed by atoms with Crippen LogP contribution in [-0.4, -0.2) is 5.78 Å². The summed E-state index contributed by atoms with van der Waals surface area (Å²) < 4.78 is 0. The van der Waals surface area contributed by atoms with E-state index >= 15 is 0 Å². The number of ketones is 1. The average molecular weight is 425 g/mol. The molecule has 0 aliphatic heterocycles. The molecule has 0 aromatic heterocycles. The highest BCUT2D eigenvalue weighted by Gasteiger charge is 2.70. The summed E-state index contributed by atoms with van der Waals surface area (Å²) in [6.45, 7) is 19.2. The predicted molar refractivity (Wildman–Crippen MR) is 130 cm³/mol. The van der Waals surface area contributed by atoms with Crippen molar-refractivity contribution in [1.29, 1.82) is 0 Å². The number of Topliss-reactive ketones (excluding diaryl/α,β-unsaturated/α-hetero) is 1. The zero-order valence-corrected chi connectivity index (χ0v) is 21.4. The van der Waals surface area contributed by atoms with Crippen molar-refractivity contribution in [3.8, 4) is 0 Å². The topological polar surface area (TPSA) is 17.1 Å². The number of carbonyl (C=O) groups excluding carboxylic acids is 1. The first-order valence-electron chi connectivity index (χ1n) is 13.7. The molecule has 0 amide bonds. The van der Waals surface area contributed by atoms with Gasteiger partial charge in [0.2, 0.25) is 0 Å². The van der Waals surface area contributed by atoms with Crippen molar-refractivity contribution >= 4 is 5.78 Å². The highest BCUT2D eigenvalue weighted by atomic mass is 16.1. The van der Waals surface area contributed by atoms with Gasteiger partial charge in [-0.05, 0) is 130 Å². The van der Waals surface area contributed by atoms with Crippen LogP contribution in [0.3, 0.4) is 0 Å². The molecule has 5 aliphatic rings. The Morgan fingerprint density at radius 1 is 0.839 bits per heavy atom. The second-order valence-corrected chi connectivity index (χ2v) is 13.9. The summed E-state index contributed by atoms with van der Waals surface area (Å²) in [4.78, 5) is 13.2. The SMILES string of the molecule is C=C(C)C1CC[C@]2(C(C)=O)CC[C@]3(C)[C@H](CCC4C3(C)CCC3C[C@@H](C)CC[C@@]34C)C12. The fourth-order valence-corrected chi connectivity index (χ4v) is 11.1. The zero-order chi connectivity index (χ0) is 22.4. The lowest BCUT2D eigenvalue weighted by Gasteiger charge is -2.71. The van der Waals surface area contributed by atoms with Crippen molar-refractivity contribution < 1.29 is 4.79 Å². The normalized spacial score (nSPS) is 56.1. The number of fused-ring (bicyclic) bond motifs is 7. The lowest BCUT2D eigenvalue weighted by Crippen LogP contribution is -2.65. The molecule has 10 atom stereocenters. The molecule has 5 rings (SSSR count). The molecule has 0 spiro atoms. The second kappa shape index (κ2) is 6.96. The van der Waals surface area contributed by atoms with Crippen molar-refractivity contribution in [2.45, 2.75) is 112 Å². The lowest BCUT2D eigenvalue weighted by atomic mass is 9.33. The number of rotatable bonds is 2. The van der Waals surface area contributed by atoms with Crippen LogP contribution in [0.1, 0.15) is 112 Å². The van der Waals surface area contributed by atoms with Crippen molar-refractivity contribution in [3.63, 3.8) is 0 Å². The van der Waals surface area contributed by atoms with Crippen LogP contribution in [-0.2, 0) is 4.79 Å². The number of allylic oxidation sites excluding steroid dienone is 1. The molecule has 5 fully saturated rings. The van der Waals surface area contributed by atoms with Crippen LogP contribution in [0, 0.1) is 57.2 Å². The molecule has 1 nitrogen and oxygen atoms in total. The van der Waals surface area contributed by atoms with Gasteiger partial charge in [-0.15, -0.1) is 0 Å². The Balaban J connectivity index is 1.55. The summed E-state index contributed by atoms with van der Waals surface area (Å²) in [7, 11) is 0. The number of hydrogen-bond acceptors (Lipinski definition) is 1. The minimum absolute atomic E-state index is 0.0433. The van der Waals surface area contributed by atoms with Crippen LogP contribution >= 0.6 is 0 Å². The fraction of sp³-hybridized carbons (Fsp3) is 0.900. The molecule has 0 bridgehead atoms. The van der Waals surface area contributed by atoms with E-state index in [0.717, 1.165) is 30.6 Å². The van der Waals surface area contributed by atoms with Crippen molar-refractivity contribution in [3.05, 3.63) is 12.2 Å². The van der Waals surface area contributed by atoms with Gasteiger partial charge in [0.1, 0.15) is 5.78 Å². The summed E-state index contributed by atoms with van der Waals surface area (Å²) >= 11 is 0. The van der Waals surface area contributed by atoms with Crippen molar-refractivity contribution in [2.24, 2.45) is 57.2 Å². The van der Waals surface area contributed by atoms with Gasteiger partial charge in [0.15, 0.2) is 0 Å². The third kappa shape index (κ3) is 2.70. The summed E-state index contributed by atoms with van der Waals surface area (Å²) in [6.07, 6.45) is 14.7. The van der Waals surface area contributed by atoms with E-state index in [1.807, 2.05) is 6.92 Å². The summed E-state index contributed by atoms with van der Waals surface area (Å²) in [5.41, 5.74) is 2.67. The largest absolute Gasteiger partial charge is 0.299 e. The summed E-state index contributed by atoms with van der Waals surface area (Å²) in [5, 5.41) is 0. The molecule has 5 unspecified atom stereocenters. The average Bonchev–Trinajstić information content (AvgIpc) is 3.11. The van der Waals surface area contributed by atoms with E-state index in [4.69, 9.17) is 0 Å². The van der Waals surface area contributed by atoms with Gasteiger partial charge >= 0.3 is 0 Å². The second-order valence-electron chi connectivity index (χ2n) is 13.9. The first-order valence-corrected chi connectivity index (χ1v) is 13.7. The van der Waals surface area contributed by atoms with Gasteiger partial charge in [0, 0.05) is 5.41 Å². The van der Waals surface area contributed by atoms with E-state index in [-0.39, 0.29) is 5.41 Å². The molecule has 0 radical (unpaired) electrons. The third-order valence-corrected chi connectivity index (χ3v) is 13.1. The van der Waals surface area contributed by atoms with E-state index in [0.29, 0.717) is 39.8 Å². The molecular weight excluding hydrogens is 376 g/mol. The van der Waals surface area contributed by atoms with Crippen molar-refractivity contribution in [1.82, 2.24) is 0 Å². The maximum Gasteiger partial charge on any atom is 0.136 e. The zero-order valence-electron chi connectivity index (χ0n) is 21.4. The van der Waals surface area contributed by atoms with Gasteiger partial charge in [-0.25, -0.2) is 0 Å². The Kier molecular flexibility index (Phi) is 4.99. The Morgan fingerprint density at radius 2 is 1.58 bits per heavy atom. The van der Waals surface area contributed by atoms with Gasteiger partial charge in [0.25, 0.3) is 0 Å². The van der Waals surface area contributed by atoms with Crippen LogP contribution in [0.5, 0.6) is 0 Å². The fourth-order valence-electron chi connectivity index (χ4n) is 11.1. The molecule has 1 heteroatoms. The molecule has 5 saturated carbocycles. The van der Waals surface area contributed by atoms with Crippen LogP contribution < -0.4 is 0 Å². The Labute approximate surface area is 192 Å². The number of hydrogen-bond donors (Lipinski definition) is 0. The molecule has 0 N–H and O–H groups in total. The van der Waals surface area contributed by atoms with E-state index in [9.17, 15) is 4.79 Å². The monoisotopic (exact) mass is 424 g/mol. The van der Waals surface area contributed by atoms with Gasteiger partial charge < -0.3 is 0 Å². The molecule has 174 valence electrons. The van der Waals surface area contributed by atoms with E-state index in [1.54, 1.807) is 0 Å². The standard InChI is InChI=1S/C30H48O/c1-19(2)23-12-15-30(21(4)31)17-16-28(6)24(26(23)30)8-9-25-27(5)13-10-20(3)18-22(27)11-14-29(25,28)7/h20,22-26H,1,8-18H2,2-7H3/t20-,22?,23?,24+,25?,26?,27-,28+,29?,30+/m0/s1. The van der Waals surface area contributed by atoms with E-state index < -0.39 is 0 Å². The first kappa shape index (κ1) is 22.2. The minimum Gasteiger partial charge on any atom is -0.299 e. The molecule has 31 heavy (non-hydrogen) atoms. The molecule has 5 aliphatic carbocycles. The molecular formula is C30H48O. The quantitative estimate of drug-likeness (QED) is 0.408. The van der Waals surface area contributed by atoms with Gasteiger partial charge in [-0.1, -0.05) is 46.3 Å². The summed E-state index contributed by atoms with van der Waals surface area (Å²) in [6, 6.07) is 0. The molecule has 0 heterocycles. The first-order chi connectivity index (χ1) is 14.5. The Morgan fingerprint density at radius 3 is 2.26 bits per heavy atom. The number of carbonyl (C=O) groups is 1. The molecule has 0 saturated heterocycles. The highest BCUT2D eigenvalue weighted by Crippen LogP contribution is 2.76. The van der Waals surface area contributed by atoms with Crippen LogP contribution in [0.4, 0.5) is 0 Å². The maximum atomic E-state index is 13.2. The van der Waals surface area contributed by atoms with Gasteiger partial charge in [-0.3, -0.25) is 4.79 Å². The lowest BCUT2D eigenvalue weighted by molar-refractivity contribution is -0.224. The minimum atomic E-state index is -0.0433. The Bertz CT molecular complexity index is 781. The van der Waals surface area contributed by atoms with E-state index in [1.165, 1.54) is 63.4 Å². The Hall–Kier alpha value is -0.590. The van der Waals surface area contributed by atoms with Crippen molar-refractivity contribution in [2.75, 3.05) is 0 Å². The van der Waals surface area contributed by atoms with Crippen LogP contribution in [0.25, 0.3) is 0 Å². The summed E-state index contributed by atoms with van der Waals surface area (Å²) in [5.74, 6) is 5.07. The predicted octanol–water partition coefficient (Wildman–Crippen LogP) is 8.23. The van der Waals surface area contributed by atoms with Crippen LogP contribution in [0.15, 0.2) is 12.2 Å².